The number of hydrogen-bond donors (Lipinski definition) is 3. The van der Waals surface area contributed by atoms with Gasteiger partial charge in [-0.2, -0.15) is 0 Å². The lowest BCUT2D eigenvalue weighted by Crippen LogP contribution is -2.41. The highest BCUT2D eigenvalue weighted by Crippen LogP contribution is 2.12. The Balaban J connectivity index is 2.31. The van der Waals surface area contributed by atoms with Crippen LogP contribution in [0.5, 0.6) is 0 Å². The molecule has 1 aliphatic rings. The number of ether oxygens (including phenoxy) is 1. The van der Waals surface area contributed by atoms with Crippen molar-refractivity contribution in [3.63, 3.8) is 0 Å². The zero-order chi connectivity index (χ0) is 12.9. The van der Waals surface area contributed by atoms with Gasteiger partial charge in [-0.05, 0) is 52.6 Å². The summed E-state index contributed by atoms with van der Waals surface area (Å²) >= 11 is 0. The van der Waals surface area contributed by atoms with E-state index in [2.05, 4.69) is 10.6 Å². The molecule has 0 aromatic carbocycles. The molecule has 5 heteroatoms. The summed E-state index contributed by atoms with van der Waals surface area (Å²) in [4.78, 5) is 11.5. The summed E-state index contributed by atoms with van der Waals surface area (Å²) in [6, 6.07) is 0.153. The molecule has 0 aromatic heterocycles. The lowest BCUT2D eigenvalue weighted by Gasteiger charge is -2.23. The number of amides is 1. The van der Waals surface area contributed by atoms with Crippen LogP contribution in [0, 0.1) is 5.92 Å². The third-order valence-corrected chi connectivity index (χ3v) is 2.86. The van der Waals surface area contributed by atoms with Gasteiger partial charge in [0.1, 0.15) is 5.60 Å². The van der Waals surface area contributed by atoms with E-state index in [0.717, 1.165) is 25.9 Å². The summed E-state index contributed by atoms with van der Waals surface area (Å²) in [6.45, 7) is 8.09. The summed E-state index contributed by atoms with van der Waals surface area (Å²) in [7, 11) is 0. The van der Waals surface area contributed by atoms with Crippen molar-refractivity contribution in [1.82, 2.24) is 10.6 Å². The van der Waals surface area contributed by atoms with Crippen molar-refractivity contribution in [1.29, 1.82) is 0 Å². The molecule has 1 saturated heterocycles. The Morgan fingerprint density at radius 1 is 1.41 bits per heavy atom. The smallest absolute Gasteiger partial charge is 0.407 e. The Morgan fingerprint density at radius 2 is 2.06 bits per heavy atom. The molecule has 1 aliphatic heterocycles. The van der Waals surface area contributed by atoms with E-state index in [0.29, 0.717) is 12.5 Å². The van der Waals surface area contributed by atoms with Crippen LogP contribution >= 0.6 is 0 Å². The number of hydrogen-bond acceptors (Lipinski definition) is 4. The third kappa shape index (κ3) is 5.89. The van der Waals surface area contributed by atoms with Gasteiger partial charge >= 0.3 is 6.09 Å². The molecular formula is C12H25N3O2. The summed E-state index contributed by atoms with van der Waals surface area (Å²) in [5.41, 5.74) is 5.61. The number of alkyl carbamates (subject to hydrolysis) is 1. The molecular weight excluding hydrogens is 218 g/mol. The van der Waals surface area contributed by atoms with Gasteiger partial charge in [0.15, 0.2) is 0 Å². The fourth-order valence-electron chi connectivity index (χ4n) is 1.91. The number of carbonyl (C=O) groups excluding carboxylic acids is 1. The van der Waals surface area contributed by atoms with E-state index in [1.165, 1.54) is 0 Å². The molecule has 4 N–H and O–H groups in total. The molecule has 100 valence electrons. The Kier molecular flexibility index (Phi) is 5.21. The summed E-state index contributed by atoms with van der Waals surface area (Å²) in [5.74, 6) is 0.331. The lowest BCUT2D eigenvalue weighted by molar-refractivity contribution is 0.0516. The molecule has 2 atom stereocenters. The number of nitrogens with two attached hydrogens (primary N) is 1. The average Bonchev–Trinajstić information content (AvgIpc) is 2.37. The molecule has 0 spiro atoms. The second kappa shape index (κ2) is 6.21. The molecule has 0 unspecified atom stereocenters. The maximum absolute atomic E-state index is 11.5. The first kappa shape index (κ1) is 14.3. The average molecular weight is 243 g/mol. The van der Waals surface area contributed by atoms with Crippen LogP contribution in [-0.2, 0) is 4.74 Å². The van der Waals surface area contributed by atoms with Gasteiger partial charge in [0.2, 0.25) is 0 Å². The molecule has 17 heavy (non-hydrogen) atoms. The van der Waals surface area contributed by atoms with Crippen molar-refractivity contribution >= 4 is 6.09 Å². The quantitative estimate of drug-likeness (QED) is 0.671. The van der Waals surface area contributed by atoms with Crippen LogP contribution in [0.4, 0.5) is 4.79 Å². The van der Waals surface area contributed by atoms with E-state index < -0.39 is 5.60 Å². The highest BCUT2D eigenvalue weighted by atomic mass is 16.6. The molecule has 1 rings (SSSR count). The Labute approximate surface area is 103 Å². The van der Waals surface area contributed by atoms with E-state index in [-0.39, 0.29) is 12.1 Å². The summed E-state index contributed by atoms with van der Waals surface area (Å²) < 4.78 is 5.19. The highest BCUT2D eigenvalue weighted by molar-refractivity contribution is 5.67. The van der Waals surface area contributed by atoms with Crippen LogP contribution in [0.2, 0.25) is 0 Å². The van der Waals surface area contributed by atoms with E-state index in [9.17, 15) is 4.79 Å². The largest absolute Gasteiger partial charge is 0.444 e. The zero-order valence-corrected chi connectivity index (χ0v) is 11.1. The fraction of sp³-hybridized carbons (Fsp3) is 0.917. The Morgan fingerprint density at radius 3 is 2.71 bits per heavy atom. The van der Waals surface area contributed by atoms with Gasteiger partial charge in [0, 0.05) is 12.6 Å². The van der Waals surface area contributed by atoms with Crippen LogP contribution in [0.3, 0.4) is 0 Å². The summed E-state index contributed by atoms with van der Waals surface area (Å²) in [6.07, 6.45) is 1.60. The van der Waals surface area contributed by atoms with Crippen molar-refractivity contribution in [2.75, 3.05) is 19.6 Å². The van der Waals surface area contributed by atoms with E-state index in [4.69, 9.17) is 10.5 Å². The van der Waals surface area contributed by atoms with Gasteiger partial charge in [-0.1, -0.05) is 0 Å². The number of nitrogens with one attached hydrogen (secondary N) is 2. The van der Waals surface area contributed by atoms with Crippen LogP contribution in [-0.4, -0.2) is 37.4 Å². The minimum absolute atomic E-state index is 0.153. The van der Waals surface area contributed by atoms with Crippen LogP contribution < -0.4 is 16.4 Å². The highest BCUT2D eigenvalue weighted by Gasteiger charge is 2.22. The van der Waals surface area contributed by atoms with Crippen molar-refractivity contribution in [3.05, 3.63) is 0 Å². The third-order valence-electron chi connectivity index (χ3n) is 2.86. The summed E-state index contributed by atoms with van der Waals surface area (Å²) in [5, 5.41) is 6.11. The molecule has 0 aliphatic carbocycles. The first-order valence-corrected chi connectivity index (χ1v) is 6.31. The Hall–Kier alpha value is -0.810. The SMILES string of the molecule is CC(C)(C)OC(=O)NC[C@@H]1CCNCC[C@@H]1N. The van der Waals surface area contributed by atoms with E-state index in [1.54, 1.807) is 0 Å². The van der Waals surface area contributed by atoms with E-state index in [1.807, 2.05) is 20.8 Å². The Bertz CT molecular complexity index is 251. The minimum Gasteiger partial charge on any atom is -0.444 e. The van der Waals surface area contributed by atoms with Crippen LogP contribution in [0.1, 0.15) is 33.6 Å². The van der Waals surface area contributed by atoms with E-state index >= 15 is 0 Å². The molecule has 0 saturated carbocycles. The molecule has 1 heterocycles. The second-order valence-electron chi connectivity index (χ2n) is 5.63. The van der Waals surface area contributed by atoms with Crippen molar-refractivity contribution in [3.8, 4) is 0 Å². The van der Waals surface area contributed by atoms with Crippen molar-refractivity contribution in [2.24, 2.45) is 11.7 Å². The lowest BCUT2D eigenvalue weighted by atomic mass is 9.96. The van der Waals surface area contributed by atoms with Gasteiger partial charge in [0.25, 0.3) is 0 Å². The fourth-order valence-corrected chi connectivity index (χ4v) is 1.91. The van der Waals surface area contributed by atoms with Gasteiger partial charge < -0.3 is 21.1 Å². The van der Waals surface area contributed by atoms with Gasteiger partial charge in [0.05, 0.1) is 0 Å². The molecule has 0 radical (unpaired) electrons. The van der Waals surface area contributed by atoms with Gasteiger partial charge in [-0.15, -0.1) is 0 Å². The molecule has 0 bridgehead atoms. The molecule has 1 fully saturated rings. The topological polar surface area (TPSA) is 76.4 Å². The predicted molar refractivity (Wildman–Crippen MR) is 67.8 cm³/mol. The number of carbonyl (C=O) groups is 1. The van der Waals surface area contributed by atoms with Crippen LogP contribution in [0.15, 0.2) is 0 Å². The first-order valence-electron chi connectivity index (χ1n) is 6.31. The maximum atomic E-state index is 11.5. The van der Waals surface area contributed by atoms with Crippen molar-refractivity contribution in [2.45, 2.75) is 45.3 Å². The van der Waals surface area contributed by atoms with Gasteiger partial charge in [-0.25, -0.2) is 4.79 Å². The zero-order valence-electron chi connectivity index (χ0n) is 11.1. The monoisotopic (exact) mass is 243 g/mol. The standard InChI is InChI=1S/C12H25N3O2/c1-12(2,3)17-11(16)15-8-9-4-6-14-7-5-10(9)13/h9-10,14H,4-8,13H2,1-3H3,(H,15,16)/t9-,10-/m0/s1. The first-order chi connectivity index (χ1) is 7.88. The van der Waals surface area contributed by atoms with Crippen molar-refractivity contribution < 1.29 is 9.53 Å². The van der Waals surface area contributed by atoms with Crippen LogP contribution in [0.25, 0.3) is 0 Å². The molecule has 5 nitrogen and oxygen atoms in total. The van der Waals surface area contributed by atoms with Gasteiger partial charge in [-0.3, -0.25) is 0 Å². The maximum Gasteiger partial charge on any atom is 0.407 e. The predicted octanol–water partition coefficient (Wildman–Crippen LogP) is 0.838. The second-order valence-corrected chi connectivity index (χ2v) is 5.63. The minimum atomic E-state index is -0.447. The molecule has 1 amide bonds. The normalized spacial score (nSPS) is 26.1. The molecule has 0 aromatic rings. The number of rotatable bonds is 2.